The summed E-state index contributed by atoms with van der Waals surface area (Å²) in [6.45, 7) is 1.32. The van der Waals surface area contributed by atoms with Gasteiger partial charge >= 0.3 is 0 Å². The van der Waals surface area contributed by atoms with Crippen LogP contribution in [0.4, 0.5) is 0 Å². The first-order chi connectivity index (χ1) is 16.1. The van der Waals surface area contributed by atoms with Crippen molar-refractivity contribution < 1.29 is 14.3 Å². The van der Waals surface area contributed by atoms with E-state index in [4.69, 9.17) is 14.9 Å². The molecule has 0 fully saturated rings. The highest BCUT2D eigenvalue weighted by Gasteiger charge is 2.32. The Balaban J connectivity index is 1.34. The number of para-hydroxylation sites is 1. The Bertz CT molecular complexity index is 1320. The number of amides is 1. The molecule has 0 spiro atoms. The molecule has 2 aromatic carbocycles. The lowest BCUT2D eigenvalue weighted by Crippen LogP contribution is -2.35. The van der Waals surface area contributed by atoms with Gasteiger partial charge in [-0.25, -0.2) is 0 Å². The maximum atomic E-state index is 12.6. The van der Waals surface area contributed by atoms with Crippen LogP contribution in [0.3, 0.4) is 0 Å². The van der Waals surface area contributed by atoms with Crippen LogP contribution in [-0.4, -0.2) is 45.7 Å². The molecule has 0 aliphatic carbocycles. The second-order valence-electron chi connectivity index (χ2n) is 7.43. The highest BCUT2D eigenvalue weighted by Crippen LogP contribution is 2.28. The highest BCUT2D eigenvalue weighted by molar-refractivity contribution is 8.25. The van der Waals surface area contributed by atoms with Crippen molar-refractivity contribution in [2.24, 2.45) is 10.1 Å². The Labute approximate surface area is 194 Å². The van der Waals surface area contributed by atoms with Crippen molar-refractivity contribution in [1.29, 1.82) is 5.41 Å². The topological polar surface area (TPSA) is 92.3 Å². The molecular formula is C24H21N5O3S. The van der Waals surface area contributed by atoms with Gasteiger partial charge < -0.3 is 14.0 Å². The van der Waals surface area contributed by atoms with E-state index < -0.39 is 5.91 Å². The van der Waals surface area contributed by atoms with Gasteiger partial charge in [-0.3, -0.25) is 10.2 Å². The van der Waals surface area contributed by atoms with Gasteiger partial charge in [0.25, 0.3) is 5.91 Å². The number of nitrogens with one attached hydrogen (secondary N) is 1. The first-order valence-corrected chi connectivity index (χ1v) is 11.3. The number of carbonyl (C=O) groups is 1. The van der Waals surface area contributed by atoms with E-state index in [1.54, 1.807) is 18.7 Å². The summed E-state index contributed by atoms with van der Waals surface area (Å²) in [4.78, 5) is 16.6. The number of fused-ring (bicyclic) bond motifs is 2. The van der Waals surface area contributed by atoms with Crippen molar-refractivity contribution >= 4 is 51.2 Å². The van der Waals surface area contributed by atoms with Crippen molar-refractivity contribution in [1.82, 2.24) is 9.58 Å². The van der Waals surface area contributed by atoms with E-state index >= 15 is 0 Å². The third-order valence-electron chi connectivity index (χ3n) is 5.39. The number of thioether (sulfide) groups is 1. The van der Waals surface area contributed by atoms with Crippen LogP contribution in [0.25, 0.3) is 17.0 Å². The quantitative estimate of drug-likeness (QED) is 0.418. The van der Waals surface area contributed by atoms with Crippen molar-refractivity contribution in [2.75, 3.05) is 13.7 Å². The zero-order valence-corrected chi connectivity index (χ0v) is 18.7. The fourth-order valence-corrected chi connectivity index (χ4v) is 4.37. The Morgan fingerprint density at radius 1 is 1.12 bits per heavy atom. The number of amidine groups is 2. The number of methoxy groups -OCH3 is 1. The van der Waals surface area contributed by atoms with Crippen molar-refractivity contribution in [3.63, 3.8) is 0 Å². The number of carbonyl (C=O) groups excluding carboxylic acids is 1. The van der Waals surface area contributed by atoms with Gasteiger partial charge in [0, 0.05) is 29.2 Å². The normalized spacial score (nSPS) is 16.5. The Morgan fingerprint density at radius 3 is 2.73 bits per heavy atom. The molecule has 0 unspecified atom stereocenters. The molecule has 0 saturated carbocycles. The molecule has 166 valence electrons. The van der Waals surface area contributed by atoms with Gasteiger partial charge in [0.05, 0.1) is 24.8 Å². The summed E-state index contributed by atoms with van der Waals surface area (Å²) in [6, 6.07) is 15.5. The number of aromatic nitrogens is 1. The Morgan fingerprint density at radius 2 is 1.91 bits per heavy atom. The minimum atomic E-state index is -0.422. The first-order valence-electron chi connectivity index (χ1n) is 10.4. The molecule has 33 heavy (non-hydrogen) atoms. The summed E-state index contributed by atoms with van der Waals surface area (Å²) < 4.78 is 13.2. The number of ether oxygens (including phenoxy) is 2. The lowest BCUT2D eigenvalue weighted by atomic mass is 10.1. The number of hydrogen-bond donors (Lipinski definition) is 1. The summed E-state index contributed by atoms with van der Waals surface area (Å²) in [5.74, 6) is 1.21. The number of hydrazone groups is 1. The van der Waals surface area contributed by atoms with Gasteiger partial charge in [-0.2, -0.15) is 15.1 Å². The SMILES string of the molecule is COc1ccc(OCCCn2cc(/C=C3/C(=N)N4N=CSC4=NC3=O)c3ccccc32)cc1. The van der Waals surface area contributed by atoms with Crippen molar-refractivity contribution in [3.05, 3.63) is 65.9 Å². The molecule has 0 radical (unpaired) electrons. The zero-order valence-electron chi connectivity index (χ0n) is 17.9. The molecule has 8 nitrogen and oxygen atoms in total. The number of rotatable bonds is 7. The first kappa shape index (κ1) is 21.0. The van der Waals surface area contributed by atoms with Gasteiger partial charge in [-0.1, -0.05) is 18.2 Å². The van der Waals surface area contributed by atoms with E-state index in [9.17, 15) is 4.79 Å². The standard InChI is InChI=1S/C24H21N5O3S/c1-31-17-7-9-18(10-8-17)32-12-4-11-28-14-16(19-5-2-3-6-21(19)28)13-20-22(25)29-24(27-23(20)30)33-15-26-29/h2-3,5-10,13-15,25H,4,11-12H2,1H3/b20-13-,25-22?. The number of aliphatic imine (C=N–C) groups is 1. The molecule has 9 heteroatoms. The molecule has 1 aromatic heterocycles. The number of nitrogens with zero attached hydrogens (tertiary/aromatic N) is 4. The molecule has 3 aromatic rings. The van der Waals surface area contributed by atoms with Gasteiger partial charge in [0.1, 0.15) is 11.5 Å². The molecule has 2 aliphatic heterocycles. The summed E-state index contributed by atoms with van der Waals surface area (Å²) in [5.41, 5.74) is 3.72. The highest BCUT2D eigenvalue weighted by atomic mass is 32.2. The predicted octanol–water partition coefficient (Wildman–Crippen LogP) is 4.37. The van der Waals surface area contributed by atoms with Crippen LogP contribution in [0, 0.1) is 5.41 Å². The van der Waals surface area contributed by atoms with Gasteiger partial charge in [0.2, 0.25) is 0 Å². The van der Waals surface area contributed by atoms with E-state index in [0.29, 0.717) is 11.8 Å². The lowest BCUT2D eigenvalue weighted by molar-refractivity contribution is -0.114. The van der Waals surface area contributed by atoms with E-state index in [0.717, 1.165) is 40.9 Å². The molecule has 1 amide bonds. The number of hydrogen-bond acceptors (Lipinski definition) is 6. The van der Waals surface area contributed by atoms with Crippen molar-refractivity contribution in [3.8, 4) is 11.5 Å². The third kappa shape index (κ3) is 4.14. The molecule has 3 heterocycles. The van der Waals surface area contributed by atoms with Crippen LogP contribution in [0.5, 0.6) is 11.5 Å². The fraction of sp³-hybridized carbons (Fsp3) is 0.167. The molecule has 0 bridgehead atoms. The average molecular weight is 460 g/mol. The van der Waals surface area contributed by atoms with Crippen LogP contribution in [0.1, 0.15) is 12.0 Å². The minimum Gasteiger partial charge on any atom is -0.497 e. The van der Waals surface area contributed by atoms with E-state index in [1.807, 2.05) is 54.7 Å². The summed E-state index contributed by atoms with van der Waals surface area (Å²) in [5, 5.41) is 15.3. The van der Waals surface area contributed by atoms with E-state index in [2.05, 4.69) is 14.7 Å². The lowest BCUT2D eigenvalue weighted by Gasteiger charge is -2.20. The maximum Gasteiger partial charge on any atom is 0.283 e. The van der Waals surface area contributed by atoms with Gasteiger partial charge in [-0.15, -0.1) is 0 Å². The van der Waals surface area contributed by atoms with E-state index in [1.165, 1.54) is 16.8 Å². The van der Waals surface area contributed by atoms with Crippen LogP contribution in [0.15, 0.2) is 70.4 Å². The number of aryl methyl sites for hydroxylation is 1. The summed E-state index contributed by atoms with van der Waals surface area (Å²) >= 11 is 1.23. The summed E-state index contributed by atoms with van der Waals surface area (Å²) in [6.07, 6.45) is 4.55. The predicted molar refractivity (Wildman–Crippen MR) is 131 cm³/mol. The maximum absolute atomic E-state index is 12.6. The minimum absolute atomic E-state index is 0.0379. The Hall–Kier alpha value is -3.85. The van der Waals surface area contributed by atoms with Crippen molar-refractivity contribution in [2.45, 2.75) is 13.0 Å². The summed E-state index contributed by atoms with van der Waals surface area (Å²) in [7, 11) is 1.64. The molecular weight excluding hydrogens is 438 g/mol. The molecule has 0 saturated heterocycles. The largest absolute Gasteiger partial charge is 0.497 e. The van der Waals surface area contributed by atoms with Crippen LogP contribution < -0.4 is 9.47 Å². The van der Waals surface area contributed by atoms with Crippen LogP contribution in [-0.2, 0) is 11.3 Å². The monoisotopic (exact) mass is 459 g/mol. The second-order valence-corrected chi connectivity index (χ2v) is 8.24. The van der Waals surface area contributed by atoms with Gasteiger partial charge in [-0.05, 0) is 54.6 Å². The van der Waals surface area contributed by atoms with Gasteiger partial charge in [0.15, 0.2) is 11.0 Å². The van der Waals surface area contributed by atoms with Crippen LogP contribution in [0.2, 0.25) is 0 Å². The average Bonchev–Trinajstić information content (AvgIpc) is 3.45. The second kappa shape index (κ2) is 8.95. The van der Waals surface area contributed by atoms with Crippen LogP contribution >= 0.6 is 11.8 Å². The smallest absolute Gasteiger partial charge is 0.283 e. The third-order valence-corrected chi connectivity index (χ3v) is 6.06. The Kier molecular flexibility index (Phi) is 5.70. The molecule has 2 aliphatic rings. The fourth-order valence-electron chi connectivity index (χ4n) is 3.76. The zero-order chi connectivity index (χ0) is 22.8. The van der Waals surface area contributed by atoms with E-state index in [-0.39, 0.29) is 11.4 Å². The molecule has 1 N–H and O–H groups in total. The molecule has 5 rings (SSSR count). The molecule has 0 atom stereocenters. The number of benzene rings is 2.